The number of fused-ring (bicyclic) bond motifs is 1. The lowest BCUT2D eigenvalue weighted by atomic mass is 9.70. The van der Waals surface area contributed by atoms with Crippen molar-refractivity contribution in [3.63, 3.8) is 0 Å². The molecule has 0 aliphatic carbocycles. The summed E-state index contributed by atoms with van der Waals surface area (Å²) in [6.45, 7) is 20.5. The molecular formula is C28H44BrN3O4S. The fourth-order valence-electron chi connectivity index (χ4n) is 7.03. The minimum absolute atomic E-state index is 0.00255. The van der Waals surface area contributed by atoms with Crippen molar-refractivity contribution < 1.29 is 19.5 Å². The van der Waals surface area contributed by atoms with Crippen LogP contribution in [0.1, 0.15) is 54.4 Å². The lowest BCUT2D eigenvalue weighted by molar-refractivity contribution is -0.149. The van der Waals surface area contributed by atoms with E-state index < -0.39 is 34.2 Å². The van der Waals surface area contributed by atoms with Crippen LogP contribution >= 0.6 is 27.7 Å². The lowest BCUT2D eigenvalue weighted by Gasteiger charge is -2.46. The second kappa shape index (κ2) is 10.7. The van der Waals surface area contributed by atoms with Gasteiger partial charge in [0.25, 0.3) is 0 Å². The van der Waals surface area contributed by atoms with E-state index in [4.69, 9.17) is 0 Å². The summed E-state index contributed by atoms with van der Waals surface area (Å²) in [6.07, 6.45) is 4.78. The summed E-state index contributed by atoms with van der Waals surface area (Å²) in [4.78, 5) is 47.5. The highest BCUT2D eigenvalue weighted by Crippen LogP contribution is 2.68. The van der Waals surface area contributed by atoms with Crippen molar-refractivity contribution in [2.75, 3.05) is 26.7 Å². The zero-order chi connectivity index (χ0) is 28.1. The van der Waals surface area contributed by atoms with Crippen LogP contribution in [0.4, 0.5) is 0 Å². The van der Waals surface area contributed by atoms with Crippen LogP contribution in [0.5, 0.6) is 0 Å². The van der Waals surface area contributed by atoms with E-state index in [1.165, 1.54) is 0 Å². The van der Waals surface area contributed by atoms with Gasteiger partial charge in [-0.3, -0.25) is 14.4 Å². The molecule has 1 spiro atoms. The summed E-state index contributed by atoms with van der Waals surface area (Å²) in [5.74, 6) is -1.59. The molecule has 7 atom stereocenters. The van der Waals surface area contributed by atoms with Gasteiger partial charge in [-0.25, -0.2) is 0 Å². The van der Waals surface area contributed by atoms with Crippen molar-refractivity contribution in [1.29, 1.82) is 0 Å². The van der Waals surface area contributed by atoms with Gasteiger partial charge >= 0.3 is 0 Å². The van der Waals surface area contributed by atoms with Crippen molar-refractivity contribution in [3.05, 3.63) is 25.3 Å². The highest BCUT2D eigenvalue weighted by Gasteiger charge is 2.76. The molecule has 0 aromatic carbocycles. The quantitative estimate of drug-likeness (QED) is 0.307. The molecule has 3 fully saturated rings. The van der Waals surface area contributed by atoms with Gasteiger partial charge < -0.3 is 19.8 Å². The van der Waals surface area contributed by atoms with E-state index in [-0.39, 0.29) is 39.8 Å². The van der Waals surface area contributed by atoms with E-state index in [0.29, 0.717) is 19.5 Å². The fraction of sp³-hybridized carbons (Fsp3) is 0.750. The molecule has 3 aliphatic rings. The maximum atomic E-state index is 14.7. The first-order chi connectivity index (χ1) is 17.1. The first-order valence-corrected chi connectivity index (χ1v) is 14.9. The number of carbonyl (C=O) groups excluding carboxylic acids is 3. The van der Waals surface area contributed by atoms with Gasteiger partial charge in [-0.1, -0.05) is 48.9 Å². The lowest BCUT2D eigenvalue weighted by Crippen LogP contribution is -2.61. The maximum absolute atomic E-state index is 14.7. The molecule has 0 radical (unpaired) electrons. The molecule has 3 rings (SSSR count). The van der Waals surface area contributed by atoms with Gasteiger partial charge in [0.2, 0.25) is 17.7 Å². The number of thioether (sulfide) groups is 1. The van der Waals surface area contributed by atoms with Crippen LogP contribution in [0.2, 0.25) is 0 Å². The molecule has 3 heterocycles. The molecule has 0 aromatic rings. The van der Waals surface area contributed by atoms with Crippen molar-refractivity contribution in [3.8, 4) is 0 Å². The predicted octanol–water partition coefficient (Wildman–Crippen LogP) is 3.71. The maximum Gasteiger partial charge on any atom is 0.247 e. The summed E-state index contributed by atoms with van der Waals surface area (Å²) in [6, 6.07) is -1.32. The number of halogens is 1. The molecule has 0 saturated carbocycles. The highest BCUT2D eigenvalue weighted by molar-refractivity contribution is 9.09. The molecule has 0 aromatic heterocycles. The number of carbonyl (C=O) groups is 3. The van der Waals surface area contributed by atoms with Crippen LogP contribution < -0.4 is 0 Å². The largest absolute Gasteiger partial charge is 0.394 e. The highest BCUT2D eigenvalue weighted by atomic mass is 79.9. The molecule has 3 aliphatic heterocycles. The smallest absolute Gasteiger partial charge is 0.247 e. The summed E-state index contributed by atoms with van der Waals surface area (Å²) < 4.78 is -0.747. The van der Waals surface area contributed by atoms with Gasteiger partial charge in [0.15, 0.2) is 0 Å². The molecule has 3 amide bonds. The summed E-state index contributed by atoms with van der Waals surface area (Å²) in [5.41, 5.74) is -0.522. The van der Waals surface area contributed by atoms with E-state index >= 15 is 0 Å². The van der Waals surface area contributed by atoms with Crippen molar-refractivity contribution in [2.24, 2.45) is 17.3 Å². The van der Waals surface area contributed by atoms with Crippen molar-refractivity contribution in [2.45, 2.75) is 86.8 Å². The zero-order valence-electron chi connectivity index (χ0n) is 23.4. The Labute approximate surface area is 235 Å². The summed E-state index contributed by atoms with van der Waals surface area (Å²) in [5, 5.41) is 10.0. The Hall–Kier alpha value is -1.32. The number of amides is 3. The average Bonchev–Trinajstić information content (AvgIpc) is 3.37. The van der Waals surface area contributed by atoms with Crippen LogP contribution in [-0.4, -0.2) is 96.7 Å². The third-order valence-electron chi connectivity index (χ3n) is 8.04. The SMILES string of the molecule is C=CCN(C)C(=O)[C@H]1[C@H]2C(=O)N([C@H](C)CO)C(C(=O)N(CC=C)C(C)(C)CC(C)(C)C)C23CC(Br)[C@@H]1S3. The van der Waals surface area contributed by atoms with Gasteiger partial charge in [-0.15, -0.1) is 24.9 Å². The van der Waals surface area contributed by atoms with Gasteiger partial charge in [-0.05, 0) is 39.0 Å². The summed E-state index contributed by atoms with van der Waals surface area (Å²) in [7, 11) is 1.73. The van der Waals surface area contributed by atoms with Gasteiger partial charge in [0.1, 0.15) is 6.04 Å². The van der Waals surface area contributed by atoms with Gasteiger partial charge in [-0.2, -0.15) is 0 Å². The zero-order valence-corrected chi connectivity index (χ0v) is 25.8. The van der Waals surface area contributed by atoms with Crippen LogP contribution in [0.15, 0.2) is 25.3 Å². The molecule has 208 valence electrons. The number of aliphatic hydroxyl groups excluding tert-OH is 1. The minimum Gasteiger partial charge on any atom is -0.394 e. The number of likely N-dealkylation sites (tertiary alicyclic amines) is 1. The summed E-state index contributed by atoms with van der Waals surface area (Å²) >= 11 is 5.43. The Kier molecular flexibility index (Phi) is 8.73. The topological polar surface area (TPSA) is 81.2 Å². The first-order valence-electron chi connectivity index (χ1n) is 13.1. The molecule has 2 bridgehead atoms. The monoisotopic (exact) mass is 597 g/mol. The fourth-order valence-corrected chi connectivity index (χ4v) is 10.6. The van der Waals surface area contributed by atoms with E-state index in [9.17, 15) is 19.5 Å². The third-order valence-corrected chi connectivity index (χ3v) is 11.3. The van der Waals surface area contributed by atoms with Gasteiger partial charge in [0, 0.05) is 35.8 Å². The van der Waals surface area contributed by atoms with E-state index in [0.717, 1.165) is 6.42 Å². The molecule has 37 heavy (non-hydrogen) atoms. The number of nitrogens with zero attached hydrogens (tertiary/aromatic N) is 3. The Bertz CT molecular complexity index is 950. The van der Waals surface area contributed by atoms with Crippen LogP contribution in [0.25, 0.3) is 0 Å². The minimum atomic E-state index is -0.774. The Morgan fingerprint density at radius 3 is 2.32 bits per heavy atom. The Balaban J connectivity index is 2.13. The van der Waals surface area contributed by atoms with Gasteiger partial charge in [0.05, 0.1) is 29.2 Å². The predicted molar refractivity (Wildman–Crippen MR) is 153 cm³/mol. The standard InChI is InChI=1S/C28H44BrN3O4S/c1-10-12-30(9)23(34)19-20-24(35)32(17(3)15-33)22(28(20)14-18(29)21(19)37-28)25(36)31(13-11-2)27(7,8)16-26(4,5)6/h10-11,17-22,33H,1-2,12-16H2,3-9H3/t17-,18?,19+,20+,21+,22?,28?/m1/s1. The normalized spacial score (nSPS) is 31.8. The Morgan fingerprint density at radius 2 is 1.81 bits per heavy atom. The van der Waals surface area contributed by atoms with Crippen LogP contribution in [0, 0.1) is 17.3 Å². The molecule has 3 saturated heterocycles. The van der Waals surface area contributed by atoms with E-state index in [1.807, 2.05) is 4.90 Å². The van der Waals surface area contributed by atoms with Crippen LogP contribution in [-0.2, 0) is 14.4 Å². The average molecular weight is 599 g/mol. The number of aliphatic hydroxyl groups is 1. The number of hydrogen-bond donors (Lipinski definition) is 1. The number of likely N-dealkylation sites (N-methyl/N-ethyl adjacent to an activating group) is 1. The molecule has 7 nitrogen and oxygen atoms in total. The number of rotatable bonds is 10. The third kappa shape index (κ3) is 5.17. The second-order valence-electron chi connectivity index (χ2n) is 12.7. The first kappa shape index (κ1) is 30.2. The van der Waals surface area contributed by atoms with E-state index in [1.54, 1.807) is 47.7 Å². The number of alkyl halides is 1. The molecule has 1 N–H and O–H groups in total. The molecular weight excluding hydrogens is 554 g/mol. The molecule has 9 heteroatoms. The molecule has 3 unspecified atom stereocenters. The van der Waals surface area contributed by atoms with Crippen LogP contribution in [0.3, 0.4) is 0 Å². The number of hydrogen-bond acceptors (Lipinski definition) is 5. The van der Waals surface area contributed by atoms with Crippen molar-refractivity contribution in [1.82, 2.24) is 14.7 Å². The Morgan fingerprint density at radius 1 is 1.22 bits per heavy atom. The van der Waals surface area contributed by atoms with E-state index in [2.05, 4.69) is 63.7 Å². The van der Waals surface area contributed by atoms with Crippen molar-refractivity contribution >= 4 is 45.4 Å². The second-order valence-corrected chi connectivity index (χ2v) is 15.5.